The second-order valence-corrected chi connectivity index (χ2v) is 5.98. The van der Waals surface area contributed by atoms with Gasteiger partial charge >= 0.3 is 0 Å². The zero-order valence-corrected chi connectivity index (χ0v) is 12.3. The van der Waals surface area contributed by atoms with Crippen molar-refractivity contribution in [1.82, 2.24) is 10.3 Å². The predicted octanol–water partition coefficient (Wildman–Crippen LogP) is 2.85. The SMILES string of the molecule is CC(C)C(Br)C(=O)NC(C)(C)c1ccncc1. The van der Waals surface area contributed by atoms with Gasteiger partial charge in [-0.1, -0.05) is 29.8 Å². The van der Waals surface area contributed by atoms with Gasteiger partial charge in [0.2, 0.25) is 5.91 Å². The lowest BCUT2D eigenvalue weighted by Crippen LogP contribution is -2.45. The average Bonchev–Trinajstić information content (AvgIpc) is 2.28. The molecule has 0 aliphatic heterocycles. The van der Waals surface area contributed by atoms with E-state index < -0.39 is 0 Å². The molecule has 3 nitrogen and oxygen atoms in total. The second kappa shape index (κ2) is 5.63. The van der Waals surface area contributed by atoms with Crippen molar-refractivity contribution in [3.63, 3.8) is 0 Å². The minimum absolute atomic E-state index is 0.0156. The summed E-state index contributed by atoms with van der Waals surface area (Å²) in [7, 11) is 0. The Bertz CT molecular complexity index is 376. The van der Waals surface area contributed by atoms with Crippen molar-refractivity contribution in [2.24, 2.45) is 5.92 Å². The summed E-state index contributed by atoms with van der Waals surface area (Å²) in [6.45, 7) is 8.00. The number of hydrogen-bond acceptors (Lipinski definition) is 2. The van der Waals surface area contributed by atoms with Gasteiger partial charge in [0.1, 0.15) is 0 Å². The fourth-order valence-electron chi connectivity index (χ4n) is 1.52. The molecule has 1 N–H and O–H groups in total. The molecule has 0 bridgehead atoms. The number of halogens is 1. The third kappa shape index (κ3) is 3.80. The predicted molar refractivity (Wildman–Crippen MR) is 73.0 cm³/mol. The van der Waals surface area contributed by atoms with Crippen molar-refractivity contribution in [2.75, 3.05) is 0 Å². The molecule has 1 heterocycles. The summed E-state index contributed by atoms with van der Waals surface area (Å²) in [5.41, 5.74) is 0.658. The normalized spacial score (nSPS) is 13.5. The van der Waals surface area contributed by atoms with Crippen LogP contribution in [-0.2, 0) is 10.3 Å². The lowest BCUT2D eigenvalue weighted by molar-refractivity contribution is -0.122. The number of amides is 1. The Balaban J connectivity index is 2.77. The van der Waals surface area contributed by atoms with Crippen LogP contribution in [0.1, 0.15) is 33.3 Å². The molecule has 4 heteroatoms. The number of rotatable bonds is 4. The monoisotopic (exact) mass is 298 g/mol. The molecule has 0 aromatic carbocycles. The minimum Gasteiger partial charge on any atom is -0.346 e. The number of nitrogens with one attached hydrogen (secondary N) is 1. The highest BCUT2D eigenvalue weighted by Gasteiger charge is 2.27. The molecule has 94 valence electrons. The molecule has 0 fully saturated rings. The van der Waals surface area contributed by atoms with Crippen LogP contribution in [0, 0.1) is 5.92 Å². The van der Waals surface area contributed by atoms with Gasteiger partial charge in [0, 0.05) is 12.4 Å². The molecule has 1 atom stereocenters. The second-order valence-electron chi connectivity index (χ2n) is 5.00. The molecule has 1 amide bonds. The van der Waals surface area contributed by atoms with E-state index in [4.69, 9.17) is 0 Å². The van der Waals surface area contributed by atoms with Crippen LogP contribution in [0.3, 0.4) is 0 Å². The lowest BCUT2D eigenvalue weighted by Gasteiger charge is -2.28. The molecule has 0 radical (unpaired) electrons. The zero-order chi connectivity index (χ0) is 13.1. The van der Waals surface area contributed by atoms with Crippen molar-refractivity contribution in [3.8, 4) is 0 Å². The first-order chi connectivity index (χ1) is 7.84. The van der Waals surface area contributed by atoms with Gasteiger partial charge in [0.15, 0.2) is 0 Å². The maximum Gasteiger partial charge on any atom is 0.234 e. The van der Waals surface area contributed by atoms with Crippen LogP contribution in [0.2, 0.25) is 0 Å². The van der Waals surface area contributed by atoms with E-state index in [-0.39, 0.29) is 22.2 Å². The Hall–Kier alpha value is -0.900. The molecule has 1 aromatic heterocycles. The first-order valence-corrected chi connectivity index (χ1v) is 6.63. The van der Waals surface area contributed by atoms with Crippen molar-refractivity contribution in [1.29, 1.82) is 0 Å². The molecule has 0 saturated heterocycles. The van der Waals surface area contributed by atoms with E-state index in [1.165, 1.54) is 0 Å². The van der Waals surface area contributed by atoms with Crippen LogP contribution in [-0.4, -0.2) is 15.7 Å². The number of pyridine rings is 1. The average molecular weight is 299 g/mol. The van der Waals surface area contributed by atoms with E-state index in [0.717, 1.165) is 5.56 Å². The maximum absolute atomic E-state index is 12.0. The van der Waals surface area contributed by atoms with Gasteiger partial charge in [-0.15, -0.1) is 0 Å². The van der Waals surface area contributed by atoms with Crippen LogP contribution in [0.25, 0.3) is 0 Å². The number of carbonyl (C=O) groups excluding carboxylic acids is 1. The summed E-state index contributed by atoms with van der Waals surface area (Å²) >= 11 is 3.41. The van der Waals surface area contributed by atoms with E-state index in [1.807, 2.05) is 39.8 Å². The van der Waals surface area contributed by atoms with Gasteiger partial charge in [-0.3, -0.25) is 9.78 Å². The smallest absolute Gasteiger partial charge is 0.234 e. The quantitative estimate of drug-likeness (QED) is 0.869. The molecular formula is C13H19BrN2O. The first-order valence-electron chi connectivity index (χ1n) is 5.71. The van der Waals surface area contributed by atoms with E-state index in [1.54, 1.807) is 12.4 Å². The fourth-order valence-corrected chi connectivity index (χ4v) is 1.63. The molecule has 0 saturated carbocycles. The Morgan fingerprint density at radius 3 is 2.35 bits per heavy atom. The van der Waals surface area contributed by atoms with Crippen LogP contribution in [0.4, 0.5) is 0 Å². The van der Waals surface area contributed by atoms with Gasteiger partial charge in [-0.25, -0.2) is 0 Å². The van der Waals surface area contributed by atoms with Gasteiger partial charge in [-0.05, 0) is 37.5 Å². The molecule has 1 aromatic rings. The van der Waals surface area contributed by atoms with Crippen LogP contribution in [0.15, 0.2) is 24.5 Å². The molecule has 1 unspecified atom stereocenters. The molecule has 17 heavy (non-hydrogen) atoms. The minimum atomic E-state index is -0.388. The van der Waals surface area contributed by atoms with Gasteiger partial charge < -0.3 is 5.32 Å². The fraction of sp³-hybridized carbons (Fsp3) is 0.538. The summed E-state index contributed by atoms with van der Waals surface area (Å²) in [4.78, 5) is 15.8. The Morgan fingerprint density at radius 1 is 1.35 bits per heavy atom. The number of hydrogen-bond donors (Lipinski definition) is 1. The number of carbonyl (C=O) groups is 1. The number of alkyl halides is 1. The topological polar surface area (TPSA) is 42.0 Å². The summed E-state index contributed by atoms with van der Waals surface area (Å²) in [6.07, 6.45) is 3.47. The van der Waals surface area contributed by atoms with Gasteiger partial charge in [-0.2, -0.15) is 0 Å². The third-order valence-electron chi connectivity index (χ3n) is 2.67. The summed E-state index contributed by atoms with van der Waals surface area (Å²) < 4.78 is 0. The van der Waals surface area contributed by atoms with Gasteiger partial charge in [0.05, 0.1) is 10.4 Å². The zero-order valence-electron chi connectivity index (χ0n) is 10.7. The standard InChI is InChI=1S/C13H19BrN2O/c1-9(2)11(14)12(17)16-13(3,4)10-5-7-15-8-6-10/h5-9,11H,1-4H3,(H,16,17). The highest BCUT2D eigenvalue weighted by molar-refractivity contribution is 9.10. The third-order valence-corrected chi connectivity index (χ3v) is 4.15. The van der Waals surface area contributed by atoms with E-state index in [0.29, 0.717) is 0 Å². The Kier molecular flexibility index (Phi) is 4.69. The largest absolute Gasteiger partial charge is 0.346 e. The van der Waals surface area contributed by atoms with Crippen LogP contribution >= 0.6 is 15.9 Å². The first kappa shape index (κ1) is 14.2. The molecular weight excluding hydrogens is 280 g/mol. The molecule has 1 rings (SSSR count). The molecule has 0 aliphatic carbocycles. The number of nitrogens with zero attached hydrogens (tertiary/aromatic N) is 1. The van der Waals surface area contributed by atoms with Crippen LogP contribution in [0.5, 0.6) is 0 Å². The summed E-state index contributed by atoms with van der Waals surface area (Å²) in [5.74, 6) is 0.282. The van der Waals surface area contributed by atoms with Crippen molar-refractivity contribution in [2.45, 2.75) is 38.1 Å². The summed E-state index contributed by atoms with van der Waals surface area (Å²) in [5, 5.41) is 3.04. The van der Waals surface area contributed by atoms with E-state index in [2.05, 4.69) is 26.2 Å². The van der Waals surface area contributed by atoms with E-state index in [9.17, 15) is 4.79 Å². The van der Waals surface area contributed by atoms with Crippen LogP contribution < -0.4 is 5.32 Å². The summed E-state index contributed by atoms with van der Waals surface area (Å²) in [6, 6.07) is 3.83. The van der Waals surface area contributed by atoms with Gasteiger partial charge in [0.25, 0.3) is 0 Å². The van der Waals surface area contributed by atoms with Crippen molar-refractivity contribution >= 4 is 21.8 Å². The Morgan fingerprint density at radius 2 is 1.88 bits per heavy atom. The Labute approximate surface area is 111 Å². The van der Waals surface area contributed by atoms with E-state index >= 15 is 0 Å². The maximum atomic E-state index is 12.0. The molecule has 0 spiro atoms. The number of aromatic nitrogens is 1. The highest BCUT2D eigenvalue weighted by atomic mass is 79.9. The van der Waals surface area contributed by atoms with Crippen molar-refractivity contribution < 1.29 is 4.79 Å². The highest BCUT2D eigenvalue weighted by Crippen LogP contribution is 2.21. The lowest BCUT2D eigenvalue weighted by atomic mass is 9.94. The molecule has 0 aliphatic rings. The van der Waals surface area contributed by atoms with Crippen molar-refractivity contribution in [3.05, 3.63) is 30.1 Å².